The molecule has 0 spiro atoms. The minimum absolute atomic E-state index is 0.0828. The summed E-state index contributed by atoms with van der Waals surface area (Å²) >= 11 is 9.09. The van der Waals surface area contributed by atoms with Gasteiger partial charge in [0.2, 0.25) is 0 Å². The Morgan fingerprint density at radius 3 is 2.76 bits per heavy atom. The first-order valence-corrected chi connectivity index (χ1v) is 7.47. The van der Waals surface area contributed by atoms with Gasteiger partial charge in [-0.15, -0.1) is 0 Å². The SMILES string of the molecule is OC(CNc1c(F)cccc1Br)COc1cccc(Cl)c1. The van der Waals surface area contributed by atoms with E-state index in [-0.39, 0.29) is 19.0 Å². The smallest absolute Gasteiger partial charge is 0.147 e. The molecule has 1 unspecified atom stereocenters. The number of nitrogens with one attached hydrogen (secondary N) is 1. The molecule has 2 aromatic rings. The first kappa shape index (κ1) is 16.1. The minimum atomic E-state index is -0.782. The van der Waals surface area contributed by atoms with Crippen molar-refractivity contribution in [3.8, 4) is 5.75 Å². The van der Waals surface area contributed by atoms with Gasteiger partial charge in [-0.3, -0.25) is 0 Å². The molecule has 21 heavy (non-hydrogen) atoms. The number of hydrogen-bond acceptors (Lipinski definition) is 3. The molecular weight excluding hydrogens is 361 g/mol. The second-order valence-corrected chi connectivity index (χ2v) is 5.69. The molecule has 2 aromatic carbocycles. The molecule has 0 radical (unpaired) electrons. The molecule has 1 atom stereocenters. The van der Waals surface area contributed by atoms with Crippen molar-refractivity contribution in [3.63, 3.8) is 0 Å². The maximum absolute atomic E-state index is 13.6. The summed E-state index contributed by atoms with van der Waals surface area (Å²) in [7, 11) is 0. The highest BCUT2D eigenvalue weighted by atomic mass is 79.9. The lowest BCUT2D eigenvalue weighted by Gasteiger charge is -2.15. The molecular formula is C15H14BrClFNO2. The van der Waals surface area contributed by atoms with Crippen molar-refractivity contribution in [2.45, 2.75) is 6.10 Å². The third-order valence-electron chi connectivity index (χ3n) is 2.72. The highest BCUT2D eigenvalue weighted by Gasteiger charge is 2.10. The Labute approximate surface area is 135 Å². The monoisotopic (exact) mass is 373 g/mol. The lowest BCUT2D eigenvalue weighted by atomic mass is 10.3. The fraction of sp³-hybridized carbons (Fsp3) is 0.200. The average molecular weight is 375 g/mol. The van der Waals surface area contributed by atoms with Gasteiger partial charge in [0.25, 0.3) is 0 Å². The number of hydrogen-bond donors (Lipinski definition) is 2. The summed E-state index contributed by atoms with van der Waals surface area (Å²) in [4.78, 5) is 0. The van der Waals surface area contributed by atoms with Crippen LogP contribution < -0.4 is 10.1 Å². The molecule has 0 fully saturated rings. The highest BCUT2D eigenvalue weighted by Crippen LogP contribution is 2.25. The number of ether oxygens (including phenoxy) is 1. The van der Waals surface area contributed by atoms with E-state index in [1.54, 1.807) is 36.4 Å². The van der Waals surface area contributed by atoms with E-state index in [4.69, 9.17) is 16.3 Å². The van der Waals surface area contributed by atoms with Gasteiger partial charge in [-0.25, -0.2) is 4.39 Å². The van der Waals surface area contributed by atoms with Gasteiger partial charge in [0, 0.05) is 16.0 Å². The van der Waals surface area contributed by atoms with Gasteiger partial charge in [0.15, 0.2) is 0 Å². The van der Waals surface area contributed by atoms with Crippen molar-refractivity contribution in [2.24, 2.45) is 0 Å². The van der Waals surface area contributed by atoms with E-state index in [1.807, 2.05) is 0 Å². The van der Waals surface area contributed by atoms with E-state index < -0.39 is 6.10 Å². The van der Waals surface area contributed by atoms with Crippen LogP contribution in [0.2, 0.25) is 5.02 Å². The first-order valence-electron chi connectivity index (χ1n) is 6.30. The van der Waals surface area contributed by atoms with E-state index >= 15 is 0 Å². The molecule has 0 aliphatic carbocycles. The normalized spacial score (nSPS) is 12.0. The standard InChI is InChI=1S/C15H14BrClFNO2/c16-13-5-2-6-14(18)15(13)19-8-11(20)9-21-12-4-1-3-10(17)7-12/h1-7,11,19-20H,8-9H2. The molecule has 0 aliphatic rings. The number of benzene rings is 2. The maximum Gasteiger partial charge on any atom is 0.147 e. The molecule has 0 aliphatic heterocycles. The molecule has 0 bridgehead atoms. The zero-order valence-corrected chi connectivity index (χ0v) is 13.4. The molecule has 0 amide bonds. The first-order chi connectivity index (χ1) is 10.1. The van der Waals surface area contributed by atoms with Crippen LogP contribution >= 0.6 is 27.5 Å². The van der Waals surface area contributed by atoms with Crippen LogP contribution in [0.15, 0.2) is 46.9 Å². The summed E-state index contributed by atoms with van der Waals surface area (Å²) in [6, 6.07) is 11.6. The summed E-state index contributed by atoms with van der Waals surface area (Å²) in [6.07, 6.45) is -0.782. The van der Waals surface area contributed by atoms with Crippen LogP contribution in [0.3, 0.4) is 0 Å². The van der Waals surface area contributed by atoms with Crippen molar-refractivity contribution in [1.82, 2.24) is 0 Å². The van der Waals surface area contributed by atoms with Gasteiger partial charge in [0.1, 0.15) is 24.3 Å². The van der Waals surface area contributed by atoms with Gasteiger partial charge in [0.05, 0.1) is 5.69 Å². The summed E-state index contributed by atoms with van der Waals surface area (Å²) in [5.74, 6) is 0.195. The predicted octanol–water partition coefficient (Wildman–Crippen LogP) is 4.09. The Bertz CT molecular complexity index is 592. The van der Waals surface area contributed by atoms with Crippen molar-refractivity contribution < 1.29 is 14.2 Å². The van der Waals surface area contributed by atoms with E-state index in [1.165, 1.54) is 6.07 Å². The van der Waals surface area contributed by atoms with Crippen LogP contribution in [-0.2, 0) is 0 Å². The summed E-state index contributed by atoms with van der Waals surface area (Å²) < 4.78 is 19.6. The van der Waals surface area contributed by atoms with E-state index in [2.05, 4.69) is 21.2 Å². The van der Waals surface area contributed by atoms with E-state index in [9.17, 15) is 9.50 Å². The second-order valence-electron chi connectivity index (χ2n) is 4.40. The predicted molar refractivity (Wildman–Crippen MR) is 85.5 cm³/mol. The fourth-order valence-corrected chi connectivity index (χ4v) is 2.36. The topological polar surface area (TPSA) is 41.5 Å². The molecule has 2 N–H and O–H groups in total. The van der Waals surface area contributed by atoms with E-state index in [0.29, 0.717) is 20.9 Å². The molecule has 0 saturated heterocycles. The minimum Gasteiger partial charge on any atom is -0.491 e. The van der Waals surface area contributed by atoms with Crippen molar-refractivity contribution in [2.75, 3.05) is 18.5 Å². The Balaban J connectivity index is 1.84. The number of aliphatic hydroxyl groups excluding tert-OH is 1. The summed E-state index contributed by atoms with van der Waals surface area (Å²) in [6.45, 7) is 0.250. The van der Waals surface area contributed by atoms with Crippen LogP contribution in [0.4, 0.5) is 10.1 Å². The van der Waals surface area contributed by atoms with Crippen molar-refractivity contribution in [1.29, 1.82) is 0 Å². The third kappa shape index (κ3) is 4.88. The molecule has 0 heterocycles. The highest BCUT2D eigenvalue weighted by molar-refractivity contribution is 9.10. The van der Waals surface area contributed by atoms with Gasteiger partial charge in [-0.2, -0.15) is 0 Å². The lowest BCUT2D eigenvalue weighted by molar-refractivity contribution is 0.117. The quantitative estimate of drug-likeness (QED) is 0.800. The second kappa shape index (κ2) is 7.64. The molecule has 2 rings (SSSR count). The summed E-state index contributed by atoms with van der Waals surface area (Å²) in [5.41, 5.74) is 0.319. The Morgan fingerprint density at radius 2 is 2.05 bits per heavy atom. The molecule has 112 valence electrons. The Morgan fingerprint density at radius 1 is 1.29 bits per heavy atom. The molecule has 0 saturated carbocycles. The number of anilines is 1. The number of para-hydroxylation sites is 1. The zero-order valence-electron chi connectivity index (χ0n) is 11.0. The van der Waals surface area contributed by atoms with Gasteiger partial charge in [-0.1, -0.05) is 23.7 Å². The van der Waals surface area contributed by atoms with Crippen LogP contribution in [0.1, 0.15) is 0 Å². The fourth-order valence-electron chi connectivity index (χ4n) is 1.69. The summed E-state index contributed by atoms with van der Waals surface area (Å²) in [5, 5.41) is 13.3. The van der Waals surface area contributed by atoms with Crippen LogP contribution in [-0.4, -0.2) is 24.4 Å². The van der Waals surface area contributed by atoms with Gasteiger partial charge < -0.3 is 15.2 Å². The van der Waals surface area contributed by atoms with Crippen molar-refractivity contribution >= 4 is 33.2 Å². The average Bonchev–Trinajstić information content (AvgIpc) is 2.45. The zero-order chi connectivity index (χ0) is 15.2. The number of halogens is 3. The van der Waals surface area contributed by atoms with Crippen LogP contribution in [0, 0.1) is 5.82 Å². The maximum atomic E-state index is 13.6. The van der Waals surface area contributed by atoms with Crippen LogP contribution in [0.5, 0.6) is 5.75 Å². The van der Waals surface area contributed by atoms with E-state index in [0.717, 1.165) is 0 Å². The van der Waals surface area contributed by atoms with Gasteiger partial charge in [-0.05, 0) is 46.3 Å². The number of rotatable bonds is 6. The third-order valence-corrected chi connectivity index (χ3v) is 3.61. The Kier molecular flexibility index (Phi) is 5.85. The Hall–Kier alpha value is -1.30. The largest absolute Gasteiger partial charge is 0.491 e. The van der Waals surface area contributed by atoms with Crippen LogP contribution in [0.25, 0.3) is 0 Å². The van der Waals surface area contributed by atoms with Gasteiger partial charge >= 0.3 is 0 Å². The lowest BCUT2D eigenvalue weighted by Crippen LogP contribution is -2.26. The van der Waals surface area contributed by atoms with Crippen molar-refractivity contribution in [3.05, 3.63) is 57.8 Å². The molecule has 0 aromatic heterocycles. The molecule has 6 heteroatoms. The number of aliphatic hydroxyl groups is 1. The molecule has 3 nitrogen and oxygen atoms in total.